The molecular formula is C52H89O11P. The maximum Gasteiger partial charge on any atom is 0.472 e. The van der Waals surface area contributed by atoms with Crippen molar-refractivity contribution < 1.29 is 52.2 Å². The van der Waals surface area contributed by atoms with E-state index in [1.807, 2.05) is 12.2 Å². The van der Waals surface area contributed by atoms with Crippen LogP contribution in [0.2, 0.25) is 0 Å². The molecule has 0 aromatic rings. The smallest absolute Gasteiger partial charge is 0.462 e. The summed E-state index contributed by atoms with van der Waals surface area (Å²) >= 11 is 0. The van der Waals surface area contributed by atoms with E-state index in [2.05, 4.69) is 81.5 Å². The first-order chi connectivity index (χ1) is 31.2. The summed E-state index contributed by atoms with van der Waals surface area (Å²) in [6.45, 7) is 4.33. The number of aliphatic hydroxyl groups excluding tert-OH is 1. The van der Waals surface area contributed by atoms with Gasteiger partial charge in [-0.1, -0.05) is 184 Å². The Morgan fingerprint density at radius 3 is 1.38 bits per heavy atom. The van der Waals surface area contributed by atoms with Crippen molar-refractivity contribution in [1.29, 1.82) is 0 Å². The van der Waals surface area contributed by atoms with Gasteiger partial charge in [0.05, 0.1) is 19.8 Å². The monoisotopic (exact) mass is 921 g/mol. The van der Waals surface area contributed by atoms with Gasteiger partial charge in [0.2, 0.25) is 0 Å². The van der Waals surface area contributed by atoms with Crippen LogP contribution >= 0.6 is 7.82 Å². The van der Waals surface area contributed by atoms with Gasteiger partial charge in [-0.15, -0.1) is 0 Å². The third-order valence-electron chi connectivity index (χ3n) is 10.1. The van der Waals surface area contributed by atoms with E-state index < -0.39 is 57.8 Å². The van der Waals surface area contributed by atoms with Crippen LogP contribution in [0.5, 0.6) is 0 Å². The average Bonchev–Trinajstić information content (AvgIpc) is 3.28. The van der Waals surface area contributed by atoms with Crippen LogP contribution in [-0.4, -0.2) is 66.5 Å². The van der Waals surface area contributed by atoms with Gasteiger partial charge < -0.3 is 24.2 Å². The lowest BCUT2D eigenvalue weighted by Gasteiger charge is -2.21. The van der Waals surface area contributed by atoms with E-state index in [1.54, 1.807) is 0 Å². The summed E-state index contributed by atoms with van der Waals surface area (Å²) in [5.74, 6) is -1.58. The quantitative estimate of drug-likeness (QED) is 0.0197. The third-order valence-corrected chi connectivity index (χ3v) is 11.1. The van der Waals surface area contributed by atoms with Gasteiger partial charge in [-0.25, -0.2) is 4.57 Å². The molecule has 0 amide bonds. The number of phosphoric acid groups is 1. The molecule has 0 aromatic heterocycles. The second-order valence-corrected chi connectivity index (χ2v) is 17.7. The van der Waals surface area contributed by atoms with Crippen LogP contribution < -0.4 is 0 Å². The zero-order chi connectivity index (χ0) is 47.0. The van der Waals surface area contributed by atoms with Gasteiger partial charge in [0.25, 0.3) is 0 Å². The van der Waals surface area contributed by atoms with Crippen LogP contribution in [0.1, 0.15) is 201 Å². The predicted octanol–water partition coefficient (Wildman–Crippen LogP) is 13.8. The normalized spacial score (nSPS) is 14.1. The maximum absolute atomic E-state index is 12.8. The summed E-state index contributed by atoms with van der Waals surface area (Å²) in [6, 6.07) is 0. The fourth-order valence-corrected chi connectivity index (χ4v) is 7.13. The Morgan fingerprint density at radius 1 is 0.453 bits per heavy atom. The highest BCUT2D eigenvalue weighted by atomic mass is 31.2. The van der Waals surface area contributed by atoms with Gasteiger partial charge in [-0.05, 0) is 70.6 Å². The van der Waals surface area contributed by atoms with Crippen molar-refractivity contribution in [3.63, 3.8) is 0 Å². The molecule has 0 fully saturated rings. The summed E-state index contributed by atoms with van der Waals surface area (Å²) < 4.78 is 39.2. The van der Waals surface area contributed by atoms with Gasteiger partial charge in [-0.2, -0.15) is 0 Å². The summed E-state index contributed by atoms with van der Waals surface area (Å²) in [5, 5.41) is 9.74. The summed E-state index contributed by atoms with van der Waals surface area (Å²) in [7, 11) is -4.75. The molecule has 0 aliphatic rings. The lowest BCUT2D eigenvalue weighted by molar-refractivity contribution is -0.161. The zero-order valence-electron chi connectivity index (χ0n) is 40.2. The van der Waals surface area contributed by atoms with Crippen LogP contribution in [0.4, 0.5) is 0 Å². The van der Waals surface area contributed by atoms with Gasteiger partial charge >= 0.3 is 25.7 Å². The van der Waals surface area contributed by atoms with Crippen molar-refractivity contribution in [2.24, 2.45) is 0 Å². The van der Waals surface area contributed by atoms with Crippen LogP contribution in [-0.2, 0) is 42.2 Å². The molecule has 0 bridgehead atoms. The van der Waals surface area contributed by atoms with Crippen LogP contribution in [0.3, 0.4) is 0 Å². The maximum atomic E-state index is 12.8. The number of aliphatic hydroxyl groups is 1. The highest BCUT2D eigenvalue weighted by Gasteiger charge is 2.28. The first-order valence-corrected chi connectivity index (χ1v) is 26.3. The Hall–Kier alpha value is -3.08. The van der Waals surface area contributed by atoms with Gasteiger partial charge in [0.1, 0.15) is 12.7 Å². The molecule has 0 heterocycles. The summed E-state index contributed by atoms with van der Waals surface area (Å²) in [6.07, 6.45) is 48.9. The SMILES string of the molecule is CC/C=C\C/C=C\C/C=C\C/C=C\CCC(=O)OCC(COP(=O)(O)OCC(CO)OC(=O)CCCCCCCCCCCCC)OC(=O)CCCCCCC/C=C\C/C=C\CCC. The molecule has 64 heavy (non-hydrogen) atoms. The number of rotatable bonds is 45. The molecule has 0 aliphatic carbocycles. The Bertz CT molecular complexity index is 1350. The van der Waals surface area contributed by atoms with Crippen LogP contribution in [0, 0.1) is 0 Å². The number of unbranched alkanes of at least 4 members (excludes halogenated alkanes) is 16. The highest BCUT2D eigenvalue weighted by Crippen LogP contribution is 2.43. The molecule has 0 saturated heterocycles. The highest BCUT2D eigenvalue weighted by molar-refractivity contribution is 7.47. The Morgan fingerprint density at radius 2 is 0.875 bits per heavy atom. The molecule has 0 radical (unpaired) electrons. The molecule has 11 nitrogen and oxygen atoms in total. The Labute approximate surface area is 388 Å². The molecule has 0 aromatic carbocycles. The van der Waals surface area contributed by atoms with Gasteiger partial charge in [-0.3, -0.25) is 23.4 Å². The molecule has 0 aliphatic heterocycles. The lowest BCUT2D eigenvalue weighted by Crippen LogP contribution is -2.30. The molecule has 0 saturated carbocycles. The van der Waals surface area contributed by atoms with E-state index in [0.717, 1.165) is 96.3 Å². The summed E-state index contributed by atoms with van der Waals surface area (Å²) in [4.78, 5) is 48.1. The second kappa shape index (κ2) is 46.4. The van der Waals surface area contributed by atoms with E-state index in [-0.39, 0.29) is 25.9 Å². The number of esters is 3. The number of phosphoric ester groups is 1. The van der Waals surface area contributed by atoms with E-state index in [4.69, 9.17) is 23.3 Å². The molecule has 0 rings (SSSR count). The van der Waals surface area contributed by atoms with Gasteiger partial charge in [0.15, 0.2) is 6.10 Å². The minimum absolute atomic E-state index is 0.101. The first kappa shape index (κ1) is 60.9. The molecular weight excluding hydrogens is 832 g/mol. The first-order valence-electron chi connectivity index (χ1n) is 24.8. The van der Waals surface area contributed by atoms with Gasteiger partial charge in [0, 0.05) is 19.3 Å². The number of hydrogen-bond acceptors (Lipinski definition) is 10. The minimum atomic E-state index is -4.75. The molecule has 12 heteroatoms. The van der Waals surface area contributed by atoms with E-state index >= 15 is 0 Å². The van der Waals surface area contributed by atoms with Crippen LogP contribution in [0.15, 0.2) is 72.9 Å². The number of hydrogen-bond donors (Lipinski definition) is 2. The molecule has 3 unspecified atom stereocenters. The van der Waals surface area contributed by atoms with Crippen molar-refractivity contribution in [3.8, 4) is 0 Å². The molecule has 0 spiro atoms. The number of carbonyl (C=O) groups is 3. The van der Waals surface area contributed by atoms with Crippen molar-refractivity contribution in [2.75, 3.05) is 26.4 Å². The number of carbonyl (C=O) groups excluding carboxylic acids is 3. The Kier molecular flexibility index (Phi) is 44.2. The van der Waals surface area contributed by atoms with Crippen molar-refractivity contribution in [3.05, 3.63) is 72.9 Å². The third kappa shape index (κ3) is 44.1. The average molecular weight is 921 g/mol. The zero-order valence-corrected chi connectivity index (χ0v) is 41.1. The Balaban J connectivity index is 4.86. The lowest BCUT2D eigenvalue weighted by atomic mass is 10.1. The fraction of sp³-hybridized carbons (Fsp3) is 0.712. The topological polar surface area (TPSA) is 155 Å². The van der Waals surface area contributed by atoms with Crippen molar-refractivity contribution in [1.82, 2.24) is 0 Å². The predicted molar refractivity (Wildman–Crippen MR) is 261 cm³/mol. The molecule has 368 valence electrons. The second-order valence-electron chi connectivity index (χ2n) is 16.2. The largest absolute Gasteiger partial charge is 0.472 e. The van der Waals surface area contributed by atoms with Crippen molar-refractivity contribution in [2.45, 2.75) is 213 Å². The van der Waals surface area contributed by atoms with E-state index in [0.29, 0.717) is 19.3 Å². The van der Waals surface area contributed by atoms with Crippen molar-refractivity contribution >= 4 is 25.7 Å². The molecule has 3 atom stereocenters. The fourth-order valence-electron chi connectivity index (χ4n) is 6.35. The molecule has 2 N–H and O–H groups in total. The number of ether oxygens (including phenoxy) is 3. The summed E-state index contributed by atoms with van der Waals surface area (Å²) in [5.41, 5.74) is 0. The van der Waals surface area contributed by atoms with E-state index in [1.165, 1.54) is 44.9 Å². The van der Waals surface area contributed by atoms with Crippen LogP contribution in [0.25, 0.3) is 0 Å². The minimum Gasteiger partial charge on any atom is -0.462 e. The van der Waals surface area contributed by atoms with E-state index in [9.17, 15) is 28.9 Å². The standard InChI is InChI=1S/C52H89O11P/c1-4-7-10-13-16-19-22-24-27-29-32-35-38-41-50(54)59-45-49(63-52(56)43-40-37-34-31-28-25-23-20-17-14-11-8-5-2)47-61-64(57,58)60-46-48(44-53)62-51(55)42-39-36-33-30-26-21-18-15-12-9-6-3/h7,10-11,14,16,19-20,23-24,27,32,35,48-49,53H,4-6,8-9,12-13,15,17-18,21-22,25-26,28-31,33-34,36-47H2,1-3H3,(H,57,58)/b10-7-,14-11-,19-16-,23-20-,27-24-,35-32-. The number of allylic oxidation sites excluding steroid dienone is 12.